The fourth-order valence-electron chi connectivity index (χ4n) is 16.8. The summed E-state index contributed by atoms with van der Waals surface area (Å²) in [4.78, 5) is 26.9. The van der Waals surface area contributed by atoms with Gasteiger partial charge in [0.1, 0.15) is 0 Å². The number of thioether (sulfide) groups is 1. The summed E-state index contributed by atoms with van der Waals surface area (Å²) in [6.07, 6.45) is 19.3. The Labute approximate surface area is 389 Å². The zero-order valence-corrected chi connectivity index (χ0v) is 41.4. The number of likely N-dealkylation sites (N-methyl/N-ethyl adjacent to an activating group) is 1. The number of benzene rings is 1. The second-order valence-electron chi connectivity index (χ2n) is 23.3. The number of fused-ring (bicyclic) bond motifs is 9. The Bertz CT molecular complexity index is 1960. The van der Waals surface area contributed by atoms with Gasteiger partial charge in [0.25, 0.3) is 0 Å². The summed E-state index contributed by atoms with van der Waals surface area (Å²) >= 11 is 1.77. The molecular weight excluding hydrogens is 819 g/mol. The molecular formula is C55H81NO7S. The summed E-state index contributed by atoms with van der Waals surface area (Å²) in [5, 5.41) is 24.1. The molecule has 1 aromatic rings. The smallest absolute Gasteiger partial charge is 0.305 e. The highest BCUT2D eigenvalue weighted by molar-refractivity contribution is 7.98. The maximum Gasteiger partial charge on any atom is 0.305 e. The molecule has 354 valence electrons. The summed E-state index contributed by atoms with van der Waals surface area (Å²) in [6.45, 7) is 13.2. The Morgan fingerprint density at radius 3 is 2.47 bits per heavy atom. The van der Waals surface area contributed by atoms with Crippen LogP contribution in [0.25, 0.3) is 0 Å². The molecule has 0 amide bonds. The lowest BCUT2D eigenvalue weighted by Crippen LogP contribution is -2.62. The van der Waals surface area contributed by atoms with Crippen molar-refractivity contribution in [3.8, 4) is 0 Å². The molecule has 0 aliphatic heterocycles. The number of hydrogen-bond donors (Lipinski definition) is 2. The van der Waals surface area contributed by atoms with E-state index in [9.17, 15) is 19.8 Å². The molecule has 64 heavy (non-hydrogen) atoms. The van der Waals surface area contributed by atoms with E-state index in [-0.39, 0.29) is 52.2 Å². The van der Waals surface area contributed by atoms with E-state index in [1.807, 2.05) is 6.08 Å². The highest BCUT2D eigenvalue weighted by Crippen LogP contribution is 2.70. The minimum absolute atomic E-state index is 0.130. The number of allylic oxidation sites excluding steroid dienone is 4. The summed E-state index contributed by atoms with van der Waals surface area (Å²) in [7, 11) is 3.66. The monoisotopic (exact) mass is 900 g/mol. The molecule has 0 radical (unpaired) electrons. The van der Waals surface area contributed by atoms with Crippen LogP contribution in [-0.4, -0.2) is 85.4 Å². The molecule has 0 aromatic heterocycles. The van der Waals surface area contributed by atoms with E-state index in [1.54, 1.807) is 17.3 Å². The van der Waals surface area contributed by atoms with Crippen LogP contribution in [0.1, 0.15) is 149 Å². The van der Waals surface area contributed by atoms with Gasteiger partial charge in [-0.05, 0) is 196 Å². The molecule has 1 aromatic carbocycles. The van der Waals surface area contributed by atoms with Crippen molar-refractivity contribution in [2.24, 2.45) is 63.6 Å². The lowest BCUT2D eigenvalue weighted by Gasteiger charge is -2.64. The molecule has 0 heterocycles. The second-order valence-corrected chi connectivity index (χ2v) is 24.1. The van der Waals surface area contributed by atoms with Gasteiger partial charge in [0.2, 0.25) is 0 Å². The van der Waals surface area contributed by atoms with E-state index in [0.29, 0.717) is 72.7 Å². The van der Waals surface area contributed by atoms with Crippen molar-refractivity contribution in [2.45, 2.75) is 167 Å². The first kappa shape index (κ1) is 46.9. The van der Waals surface area contributed by atoms with Gasteiger partial charge in [-0.25, -0.2) is 0 Å². The van der Waals surface area contributed by atoms with Gasteiger partial charge < -0.3 is 29.3 Å². The largest absolute Gasteiger partial charge is 0.469 e. The number of carbonyl (C=O) groups is 2. The topological polar surface area (TPSA) is 106 Å². The van der Waals surface area contributed by atoms with Gasteiger partial charge in [-0.15, -0.1) is 11.8 Å². The van der Waals surface area contributed by atoms with Crippen molar-refractivity contribution < 1.29 is 34.0 Å². The fraction of sp³-hybridized carbons (Fsp3) is 0.782. The van der Waals surface area contributed by atoms with Crippen LogP contribution >= 0.6 is 11.8 Å². The number of ketones is 1. The van der Waals surface area contributed by atoms with Gasteiger partial charge in [-0.2, -0.15) is 0 Å². The van der Waals surface area contributed by atoms with Crippen LogP contribution in [0.4, 0.5) is 5.69 Å². The number of methoxy groups -OCH3 is 1. The van der Waals surface area contributed by atoms with Crippen LogP contribution in [-0.2, 0) is 23.8 Å². The van der Waals surface area contributed by atoms with Crippen LogP contribution in [0, 0.1) is 63.6 Å². The highest BCUT2D eigenvalue weighted by atomic mass is 32.2. The maximum absolute atomic E-state index is 12.5. The van der Waals surface area contributed by atoms with Crippen LogP contribution < -0.4 is 4.90 Å². The molecule has 0 spiro atoms. The second kappa shape index (κ2) is 18.1. The summed E-state index contributed by atoms with van der Waals surface area (Å²) < 4.78 is 18.6. The van der Waals surface area contributed by atoms with E-state index in [1.165, 1.54) is 29.5 Å². The number of hydrogen-bond acceptors (Lipinski definition) is 9. The van der Waals surface area contributed by atoms with E-state index in [2.05, 4.69) is 77.1 Å². The van der Waals surface area contributed by atoms with Crippen molar-refractivity contribution in [3.05, 3.63) is 52.6 Å². The molecule has 8 nitrogen and oxygen atoms in total. The van der Waals surface area contributed by atoms with Gasteiger partial charge in [-0.3, -0.25) is 9.59 Å². The summed E-state index contributed by atoms with van der Waals surface area (Å²) in [6, 6.07) is 9.27. The van der Waals surface area contributed by atoms with E-state index in [0.717, 1.165) is 96.4 Å². The van der Waals surface area contributed by atoms with Crippen molar-refractivity contribution >= 4 is 29.2 Å². The minimum atomic E-state index is -0.667. The number of aliphatic hydroxyl groups is 2. The number of rotatable bonds is 13. The van der Waals surface area contributed by atoms with E-state index >= 15 is 0 Å². The number of nitrogens with zero attached hydrogens (tertiary/aromatic N) is 1. The van der Waals surface area contributed by atoms with E-state index in [4.69, 9.17) is 14.2 Å². The molecule has 8 aliphatic rings. The molecule has 2 unspecified atom stereocenters. The molecule has 0 bridgehead atoms. The SMILES string of the molecule is COC(=O)CC[C@@H](C)[C@H]1CC[C@H]2[C@@H]3[C@H](OCSC)C[C@@H]4C[C@@H](OCCN(C)c5ccc([C@H]6C[C@@]7(C)C(CC[C@]7(C)O)C7CCC8=CC(=O)CCC8=C76)cc5)CC[C@]4(C)[C@H]3C[C@H](O)[C@]12C. The van der Waals surface area contributed by atoms with Crippen LogP contribution in [0.2, 0.25) is 0 Å². The average Bonchev–Trinajstić information content (AvgIpc) is 3.76. The molecule has 8 aliphatic carbocycles. The van der Waals surface area contributed by atoms with Crippen LogP contribution in [0.15, 0.2) is 47.1 Å². The number of esters is 1. The lowest BCUT2D eigenvalue weighted by atomic mass is 9.43. The normalized spacial score (nSPS) is 42.9. The lowest BCUT2D eigenvalue weighted by molar-refractivity contribution is -0.215. The predicted molar refractivity (Wildman–Crippen MR) is 256 cm³/mol. The summed E-state index contributed by atoms with van der Waals surface area (Å²) in [5.41, 5.74) is 6.07. The Hall–Kier alpha value is -2.17. The third-order valence-corrected chi connectivity index (χ3v) is 21.1. The zero-order chi connectivity index (χ0) is 45.3. The zero-order valence-electron chi connectivity index (χ0n) is 40.5. The fourth-order valence-corrected chi connectivity index (χ4v) is 17.2. The predicted octanol–water partition coefficient (Wildman–Crippen LogP) is 10.7. The molecule has 6 saturated carbocycles. The molecule has 6 fully saturated rings. The Balaban J connectivity index is 0.848. The van der Waals surface area contributed by atoms with Crippen molar-refractivity contribution in [1.29, 1.82) is 0 Å². The third-order valence-electron chi connectivity index (χ3n) is 20.7. The van der Waals surface area contributed by atoms with Crippen molar-refractivity contribution in [1.82, 2.24) is 0 Å². The molecule has 9 rings (SSSR count). The van der Waals surface area contributed by atoms with Gasteiger partial charge in [0.05, 0.1) is 43.6 Å². The average molecular weight is 900 g/mol. The quantitative estimate of drug-likeness (QED) is 0.148. The molecule has 0 saturated heterocycles. The van der Waals surface area contributed by atoms with Gasteiger partial charge in [-0.1, -0.05) is 45.4 Å². The van der Waals surface area contributed by atoms with Gasteiger partial charge >= 0.3 is 5.97 Å². The first-order valence-corrected chi connectivity index (χ1v) is 26.9. The standard InChI is InChI=1S/C55H81NO7S/c1-33(9-20-49(59)61-7)43-18-19-45-51-46(30-48(58)55(43,45)5)52(2)23-21-39(28-36(52)29-47(51)63-32-64-8)62-26-25-56(6)37-13-10-34(11-14-37)42-31-53(3)44(22-24-54(53,4)60)41-16-12-35-27-38(57)15-17-40(35)50(41)42/h10-11,13-14,27,33,36,39,41-48,51,58,60H,9,12,15-26,28-32H2,1-8H3/t33-,36+,39+,41?,42-,43-,44?,45+,46+,47-,48+,51+,52+,53+,54+,55-/m1/s1. The first-order valence-electron chi connectivity index (χ1n) is 25.5. The third kappa shape index (κ3) is 7.91. The van der Waals surface area contributed by atoms with Crippen LogP contribution in [0.3, 0.4) is 0 Å². The van der Waals surface area contributed by atoms with Crippen molar-refractivity contribution in [3.63, 3.8) is 0 Å². The molecule has 9 heteroatoms. The van der Waals surface area contributed by atoms with Crippen molar-refractivity contribution in [2.75, 3.05) is 44.4 Å². The Morgan fingerprint density at radius 2 is 1.72 bits per heavy atom. The molecule has 2 N–H and O–H groups in total. The molecule has 16 atom stereocenters. The van der Waals surface area contributed by atoms with Gasteiger partial charge in [0.15, 0.2) is 5.78 Å². The number of ether oxygens (including phenoxy) is 3. The maximum atomic E-state index is 12.5. The number of aliphatic hydroxyl groups excluding tert-OH is 1. The first-order chi connectivity index (χ1) is 30.5. The number of carbonyl (C=O) groups excluding carboxylic acids is 2. The van der Waals surface area contributed by atoms with E-state index < -0.39 is 5.60 Å². The Kier molecular flexibility index (Phi) is 13.2. The van der Waals surface area contributed by atoms with Gasteiger partial charge in [0, 0.05) is 43.5 Å². The number of anilines is 1. The Morgan fingerprint density at radius 1 is 0.938 bits per heavy atom. The highest BCUT2D eigenvalue weighted by Gasteiger charge is 2.66. The minimum Gasteiger partial charge on any atom is -0.469 e. The van der Waals surface area contributed by atoms with Crippen LogP contribution in [0.5, 0.6) is 0 Å². The summed E-state index contributed by atoms with van der Waals surface area (Å²) in [5.74, 6) is 4.62.